The summed E-state index contributed by atoms with van der Waals surface area (Å²) in [6, 6.07) is 7.39. The second-order valence-corrected chi connectivity index (χ2v) is 7.18. The molecule has 0 saturated heterocycles. The maximum atomic E-state index is 12.3. The Morgan fingerprint density at radius 1 is 1.36 bits per heavy atom. The van der Waals surface area contributed by atoms with Gasteiger partial charge in [0.15, 0.2) is 5.82 Å². The number of anilines is 1. The standard InChI is InChI=1S/C13H15ClN4O3S/c1-9-7-12(17-16-9)15-13(19)8-18(2)22(20,21)11-5-3-10(14)4-6-11/h3-7H,8H2,1-2H3,(H2,15,16,17,19). The number of hydrogen-bond donors (Lipinski definition) is 2. The number of rotatable bonds is 5. The second-order valence-electron chi connectivity index (χ2n) is 4.70. The Hall–Kier alpha value is -1.90. The normalized spacial score (nSPS) is 11.6. The van der Waals surface area contributed by atoms with Crippen LogP contribution in [0.25, 0.3) is 0 Å². The highest BCUT2D eigenvalue weighted by atomic mass is 35.5. The lowest BCUT2D eigenvalue weighted by Crippen LogP contribution is -2.35. The number of nitrogens with one attached hydrogen (secondary N) is 2. The Morgan fingerprint density at radius 3 is 2.55 bits per heavy atom. The summed E-state index contributed by atoms with van der Waals surface area (Å²) in [4.78, 5) is 11.9. The second kappa shape index (κ2) is 6.47. The van der Waals surface area contributed by atoms with Gasteiger partial charge in [-0.3, -0.25) is 9.89 Å². The van der Waals surface area contributed by atoms with Crippen molar-refractivity contribution < 1.29 is 13.2 Å². The third-order valence-corrected chi connectivity index (χ3v) is 4.93. The summed E-state index contributed by atoms with van der Waals surface area (Å²) in [5.41, 5.74) is 0.789. The van der Waals surface area contributed by atoms with Gasteiger partial charge in [-0.2, -0.15) is 9.40 Å². The molecule has 0 saturated carbocycles. The number of halogens is 1. The molecule has 2 aromatic rings. The Bertz CT molecular complexity index is 771. The van der Waals surface area contributed by atoms with Crippen molar-refractivity contribution >= 4 is 33.3 Å². The number of hydrogen-bond acceptors (Lipinski definition) is 4. The van der Waals surface area contributed by atoms with Gasteiger partial charge in [-0.25, -0.2) is 8.42 Å². The highest BCUT2D eigenvalue weighted by molar-refractivity contribution is 7.89. The van der Waals surface area contributed by atoms with Crippen molar-refractivity contribution in [3.8, 4) is 0 Å². The van der Waals surface area contributed by atoms with Crippen molar-refractivity contribution in [2.24, 2.45) is 0 Å². The fourth-order valence-electron chi connectivity index (χ4n) is 1.74. The number of H-pyrrole nitrogens is 1. The summed E-state index contributed by atoms with van der Waals surface area (Å²) >= 11 is 5.74. The van der Waals surface area contributed by atoms with E-state index in [-0.39, 0.29) is 11.4 Å². The van der Waals surface area contributed by atoms with Gasteiger partial charge < -0.3 is 5.32 Å². The van der Waals surface area contributed by atoms with Crippen molar-refractivity contribution in [2.45, 2.75) is 11.8 Å². The molecule has 1 heterocycles. The number of nitrogens with zero attached hydrogens (tertiary/aromatic N) is 2. The molecule has 0 unspecified atom stereocenters. The first-order chi connectivity index (χ1) is 10.3. The molecule has 0 aliphatic rings. The third-order valence-electron chi connectivity index (χ3n) is 2.86. The molecule has 9 heteroatoms. The Labute approximate surface area is 133 Å². The monoisotopic (exact) mass is 342 g/mol. The highest BCUT2D eigenvalue weighted by Crippen LogP contribution is 2.17. The number of aromatic amines is 1. The number of carbonyl (C=O) groups is 1. The predicted molar refractivity (Wildman–Crippen MR) is 83.2 cm³/mol. The van der Waals surface area contributed by atoms with Gasteiger partial charge in [-0.15, -0.1) is 0 Å². The zero-order chi connectivity index (χ0) is 16.3. The van der Waals surface area contributed by atoms with Gasteiger partial charge in [0.05, 0.1) is 11.4 Å². The molecule has 1 amide bonds. The summed E-state index contributed by atoms with van der Waals surface area (Å²) in [6.45, 7) is 1.47. The van der Waals surface area contributed by atoms with E-state index >= 15 is 0 Å². The van der Waals surface area contributed by atoms with Crippen LogP contribution in [0.4, 0.5) is 5.82 Å². The Morgan fingerprint density at radius 2 is 2.00 bits per heavy atom. The summed E-state index contributed by atoms with van der Waals surface area (Å²) < 4.78 is 25.6. The van der Waals surface area contributed by atoms with Crippen LogP contribution in [-0.2, 0) is 14.8 Å². The smallest absolute Gasteiger partial charge is 0.243 e. The van der Waals surface area contributed by atoms with Crippen molar-refractivity contribution in [3.05, 3.63) is 41.0 Å². The zero-order valence-corrected chi connectivity index (χ0v) is 13.6. The molecular formula is C13H15ClN4O3S. The van der Waals surface area contributed by atoms with Gasteiger partial charge in [0, 0.05) is 23.8 Å². The fraction of sp³-hybridized carbons (Fsp3) is 0.231. The van der Waals surface area contributed by atoms with E-state index in [4.69, 9.17) is 11.6 Å². The van der Waals surface area contributed by atoms with E-state index in [1.807, 2.05) is 0 Å². The Balaban J connectivity index is 2.05. The molecule has 0 radical (unpaired) electrons. The van der Waals surface area contributed by atoms with E-state index in [1.54, 1.807) is 13.0 Å². The van der Waals surface area contributed by atoms with Crippen LogP contribution >= 0.6 is 11.6 Å². The molecule has 7 nitrogen and oxygen atoms in total. The summed E-state index contributed by atoms with van der Waals surface area (Å²) in [5, 5.41) is 9.49. The van der Waals surface area contributed by atoms with E-state index in [2.05, 4.69) is 15.5 Å². The number of likely N-dealkylation sites (N-methyl/N-ethyl adjacent to an activating group) is 1. The molecule has 0 fully saturated rings. The SMILES string of the molecule is Cc1cc(NC(=O)CN(C)S(=O)(=O)c2ccc(Cl)cc2)n[nH]1. The number of amides is 1. The van der Waals surface area contributed by atoms with E-state index in [1.165, 1.54) is 31.3 Å². The quantitative estimate of drug-likeness (QED) is 0.863. The maximum absolute atomic E-state index is 12.3. The number of sulfonamides is 1. The van der Waals surface area contributed by atoms with Crippen LogP contribution in [0.1, 0.15) is 5.69 Å². The van der Waals surface area contributed by atoms with Crippen molar-refractivity contribution in [2.75, 3.05) is 18.9 Å². The molecule has 2 rings (SSSR count). The molecule has 0 spiro atoms. The molecule has 0 atom stereocenters. The van der Waals surface area contributed by atoms with Crippen molar-refractivity contribution in [1.82, 2.24) is 14.5 Å². The molecular weight excluding hydrogens is 328 g/mol. The topological polar surface area (TPSA) is 95.2 Å². The summed E-state index contributed by atoms with van der Waals surface area (Å²) in [7, 11) is -2.42. The largest absolute Gasteiger partial charge is 0.308 e. The first kappa shape index (κ1) is 16.5. The van der Waals surface area contributed by atoms with Crippen LogP contribution in [-0.4, -0.2) is 42.4 Å². The lowest BCUT2D eigenvalue weighted by atomic mass is 10.4. The highest BCUT2D eigenvalue weighted by Gasteiger charge is 2.23. The third kappa shape index (κ3) is 3.85. The van der Waals surface area contributed by atoms with Crippen LogP contribution in [0.2, 0.25) is 5.02 Å². The fourth-order valence-corrected chi connectivity index (χ4v) is 2.99. The number of aryl methyl sites for hydroxylation is 1. The number of carbonyl (C=O) groups excluding carboxylic acids is 1. The van der Waals surface area contributed by atoms with Gasteiger partial charge in [0.25, 0.3) is 0 Å². The number of benzene rings is 1. The van der Waals surface area contributed by atoms with E-state index in [0.717, 1.165) is 10.00 Å². The van der Waals surface area contributed by atoms with Crippen LogP contribution in [0.3, 0.4) is 0 Å². The Kier molecular flexibility index (Phi) is 4.84. The minimum Gasteiger partial charge on any atom is -0.308 e. The van der Waals surface area contributed by atoms with E-state index in [0.29, 0.717) is 10.8 Å². The van der Waals surface area contributed by atoms with Crippen LogP contribution in [0.5, 0.6) is 0 Å². The van der Waals surface area contributed by atoms with Crippen LogP contribution < -0.4 is 5.32 Å². The minimum absolute atomic E-state index is 0.0720. The average Bonchev–Trinajstić information content (AvgIpc) is 2.84. The number of aromatic nitrogens is 2. The van der Waals surface area contributed by atoms with E-state index < -0.39 is 15.9 Å². The summed E-state index contributed by atoms with van der Waals surface area (Å²) in [5.74, 6) is -0.133. The zero-order valence-electron chi connectivity index (χ0n) is 12.0. The average molecular weight is 343 g/mol. The molecule has 0 aliphatic carbocycles. The lowest BCUT2D eigenvalue weighted by molar-refractivity contribution is -0.116. The predicted octanol–water partition coefficient (Wildman–Crippen LogP) is 1.63. The van der Waals surface area contributed by atoms with Gasteiger partial charge >= 0.3 is 0 Å². The van der Waals surface area contributed by atoms with Gasteiger partial charge in [-0.05, 0) is 31.2 Å². The molecule has 0 bridgehead atoms. The lowest BCUT2D eigenvalue weighted by Gasteiger charge is -2.16. The van der Waals surface area contributed by atoms with Gasteiger partial charge in [-0.1, -0.05) is 11.6 Å². The van der Waals surface area contributed by atoms with Crippen molar-refractivity contribution in [3.63, 3.8) is 0 Å². The van der Waals surface area contributed by atoms with E-state index in [9.17, 15) is 13.2 Å². The molecule has 2 N–H and O–H groups in total. The first-order valence-electron chi connectivity index (χ1n) is 6.33. The molecule has 0 aliphatic heterocycles. The summed E-state index contributed by atoms with van der Waals surface area (Å²) in [6.07, 6.45) is 0. The molecule has 1 aromatic carbocycles. The first-order valence-corrected chi connectivity index (χ1v) is 8.14. The molecule has 1 aromatic heterocycles. The maximum Gasteiger partial charge on any atom is 0.243 e. The van der Waals surface area contributed by atoms with Gasteiger partial charge in [0.2, 0.25) is 15.9 Å². The molecule has 22 heavy (non-hydrogen) atoms. The minimum atomic E-state index is -3.75. The van der Waals surface area contributed by atoms with Crippen LogP contribution in [0.15, 0.2) is 35.2 Å². The van der Waals surface area contributed by atoms with Gasteiger partial charge in [0.1, 0.15) is 0 Å². The molecule has 118 valence electrons. The van der Waals surface area contributed by atoms with Crippen LogP contribution in [0, 0.1) is 6.92 Å². The van der Waals surface area contributed by atoms with Crippen molar-refractivity contribution in [1.29, 1.82) is 0 Å².